The summed E-state index contributed by atoms with van der Waals surface area (Å²) in [6.45, 7) is 0.809. The van der Waals surface area contributed by atoms with Crippen molar-refractivity contribution in [2.24, 2.45) is 5.92 Å². The SMILES string of the molecule is COc1cccc(CCC2CCN(c3ccc(Br)cc3)C2=O)c1. The van der Waals surface area contributed by atoms with Gasteiger partial charge in [-0.15, -0.1) is 0 Å². The summed E-state index contributed by atoms with van der Waals surface area (Å²) in [6, 6.07) is 16.0. The van der Waals surface area contributed by atoms with Crippen LogP contribution in [0.2, 0.25) is 0 Å². The van der Waals surface area contributed by atoms with E-state index >= 15 is 0 Å². The third-order valence-electron chi connectivity index (χ3n) is 4.37. The molecule has 1 fully saturated rings. The molecule has 0 aliphatic carbocycles. The van der Waals surface area contributed by atoms with Crippen LogP contribution in [-0.4, -0.2) is 19.6 Å². The molecule has 0 bridgehead atoms. The normalized spacial score (nSPS) is 17.6. The summed E-state index contributed by atoms with van der Waals surface area (Å²) in [5, 5.41) is 0. The second kappa shape index (κ2) is 7.18. The minimum Gasteiger partial charge on any atom is -0.497 e. The van der Waals surface area contributed by atoms with E-state index in [0.717, 1.165) is 41.7 Å². The zero-order valence-corrected chi connectivity index (χ0v) is 14.8. The van der Waals surface area contributed by atoms with Crippen molar-refractivity contribution in [3.63, 3.8) is 0 Å². The van der Waals surface area contributed by atoms with Crippen molar-refractivity contribution in [1.29, 1.82) is 0 Å². The van der Waals surface area contributed by atoms with Crippen LogP contribution in [0.4, 0.5) is 5.69 Å². The molecule has 0 saturated carbocycles. The second-order valence-corrected chi connectivity index (χ2v) is 6.76. The summed E-state index contributed by atoms with van der Waals surface area (Å²) in [5.74, 6) is 1.23. The van der Waals surface area contributed by atoms with Gasteiger partial charge in [-0.2, -0.15) is 0 Å². The standard InChI is InChI=1S/C19H20BrNO2/c1-23-18-4-2-3-14(13-18)5-6-15-11-12-21(19(15)22)17-9-7-16(20)8-10-17/h2-4,7-10,13,15H,5-6,11-12H2,1H3. The summed E-state index contributed by atoms with van der Waals surface area (Å²) < 4.78 is 6.28. The number of carbonyl (C=O) groups is 1. The summed E-state index contributed by atoms with van der Waals surface area (Å²) in [5.41, 5.74) is 2.21. The predicted octanol–water partition coefficient (Wildman–Crippen LogP) is 4.44. The Balaban J connectivity index is 1.61. The van der Waals surface area contributed by atoms with Gasteiger partial charge in [-0.25, -0.2) is 0 Å². The highest BCUT2D eigenvalue weighted by atomic mass is 79.9. The van der Waals surface area contributed by atoms with Crippen LogP contribution in [0.15, 0.2) is 53.0 Å². The fourth-order valence-corrected chi connectivity index (χ4v) is 3.32. The Bertz CT molecular complexity index is 684. The summed E-state index contributed by atoms with van der Waals surface area (Å²) in [7, 11) is 1.68. The Hall–Kier alpha value is -1.81. The molecule has 0 aromatic heterocycles. The zero-order valence-electron chi connectivity index (χ0n) is 13.2. The number of hydrogen-bond donors (Lipinski definition) is 0. The second-order valence-electron chi connectivity index (χ2n) is 5.84. The van der Waals surface area contributed by atoms with E-state index in [1.807, 2.05) is 47.4 Å². The lowest BCUT2D eigenvalue weighted by Crippen LogP contribution is -2.27. The van der Waals surface area contributed by atoms with Crippen LogP contribution in [0.1, 0.15) is 18.4 Å². The number of methoxy groups -OCH3 is 1. The van der Waals surface area contributed by atoms with Gasteiger partial charge >= 0.3 is 0 Å². The molecule has 1 saturated heterocycles. The first-order valence-electron chi connectivity index (χ1n) is 7.87. The van der Waals surface area contributed by atoms with Gasteiger partial charge in [0.25, 0.3) is 0 Å². The van der Waals surface area contributed by atoms with Crippen molar-refractivity contribution < 1.29 is 9.53 Å². The Morgan fingerprint density at radius 2 is 2.00 bits per heavy atom. The van der Waals surface area contributed by atoms with Crippen LogP contribution in [-0.2, 0) is 11.2 Å². The number of nitrogens with zero attached hydrogens (tertiary/aromatic N) is 1. The number of anilines is 1. The van der Waals surface area contributed by atoms with E-state index in [9.17, 15) is 4.79 Å². The minimum atomic E-state index is 0.116. The Morgan fingerprint density at radius 3 is 2.74 bits per heavy atom. The quantitative estimate of drug-likeness (QED) is 0.774. The van der Waals surface area contributed by atoms with Gasteiger partial charge in [-0.3, -0.25) is 4.79 Å². The fourth-order valence-electron chi connectivity index (χ4n) is 3.05. The highest BCUT2D eigenvalue weighted by molar-refractivity contribution is 9.10. The molecule has 1 amide bonds. The maximum atomic E-state index is 12.6. The predicted molar refractivity (Wildman–Crippen MR) is 95.9 cm³/mol. The highest BCUT2D eigenvalue weighted by Gasteiger charge is 2.31. The van der Waals surface area contributed by atoms with Gasteiger partial charge in [0.15, 0.2) is 0 Å². The van der Waals surface area contributed by atoms with E-state index in [-0.39, 0.29) is 11.8 Å². The van der Waals surface area contributed by atoms with Gasteiger partial charge in [-0.1, -0.05) is 28.1 Å². The number of ether oxygens (including phenoxy) is 1. The molecular weight excluding hydrogens is 354 g/mol. The van der Waals surface area contributed by atoms with Gasteiger partial charge < -0.3 is 9.64 Å². The minimum absolute atomic E-state index is 0.116. The van der Waals surface area contributed by atoms with Gasteiger partial charge in [-0.05, 0) is 61.2 Å². The van der Waals surface area contributed by atoms with E-state index in [1.54, 1.807) is 7.11 Å². The number of rotatable bonds is 5. The summed E-state index contributed by atoms with van der Waals surface area (Å²) in [6.07, 6.45) is 2.72. The average molecular weight is 374 g/mol. The molecule has 1 heterocycles. The van der Waals surface area contributed by atoms with E-state index in [2.05, 4.69) is 22.0 Å². The van der Waals surface area contributed by atoms with Gasteiger partial charge in [0, 0.05) is 22.6 Å². The first kappa shape index (κ1) is 16.1. The number of benzene rings is 2. The molecule has 1 aliphatic rings. The van der Waals surface area contributed by atoms with Crippen LogP contribution in [0, 0.1) is 5.92 Å². The first-order valence-corrected chi connectivity index (χ1v) is 8.66. The Morgan fingerprint density at radius 1 is 1.22 bits per heavy atom. The van der Waals surface area contributed by atoms with Crippen LogP contribution >= 0.6 is 15.9 Å². The third-order valence-corrected chi connectivity index (χ3v) is 4.90. The lowest BCUT2D eigenvalue weighted by molar-refractivity contribution is -0.120. The van der Waals surface area contributed by atoms with Crippen LogP contribution in [0.5, 0.6) is 5.75 Å². The molecule has 120 valence electrons. The van der Waals surface area contributed by atoms with Crippen molar-refractivity contribution >= 4 is 27.5 Å². The van der Waals surface area contributed by atoms with Gasteiger partial charge in [0.2, 0.25) is 5.91 Å². The number of amides is 1. The number of hydrogen-bond acceptors (Lipinski definition) is 2. The zero-order chi connectivity index (χ0) is 16.2. The maximum absolute atomic E-state index is 12.6. The summed E-state index contributed by atoms with van der Waals surface area (Å²) >= 11 is 3.43. The Kier molecular flexibility index (Phi) is 5.01. The van der Waals surface area contributed by atoms with Crippen molar-refractivity contribution in [3.8, 4) is 5.75 Å². The lowest BCUT2D eigenvalue weighted by Gasteiger charge is -2.17. The van der Waals surface area contributed by atoms with Crippen LogP contribution in [0.25, 0.3) is 0 Å². The molecule has 1 aliphatic heterocycles. The fraction of sp³-hybridized carbons (Fsp3) is 0.316. The van der Waals surface area contributed by atoms with Crippen LogP contribution in [0.3, 0.4) is 0 Å². The molecule has 4 heteroatoms. The van der Waals surface area contributed by atoms with E-state index in [0.29, 0.717) is 0 Å². The maximum Gasteiger partial charge on any atom is 0.230 e. The average Bonchev–Trinajstić information content (AvgIpc) is 2.95. The van der Waals surface area contributed by atoms with Crippen molar-refractivity contribution in [2.75, 3.05) is 18.6 Å². The van der Waals surface area contributed by atoms with Gasteiger partial charge in [0.1, 0.15) is 5.75 Å². The van der Waals surface area contributed by atoms with Crippen molar-refractivity contribution in [1.82, 2.24) is 0 Å². The Labute approximate surface area is 145 Å². The number of aryl methyl sites for hydroxylation is 1. The molecule has 0 spiro atoms. The van der Waals surface area contributed by atoms with E-state index in [1.165, 1.54) is 5.56 Å². The molecule has 1 atom stereocenters. The topological polar surface area (TPSA) is 29.5 Å². The molecule has 3 rings (SSSR count). The van der Waals surface area contributed by atoms with Gasteiger partial charge in [0.05, 0.1) is 7.11 Å². The highest BCUT2D eigenvalue weighted by Crippen LogP contribution is 2.29. The first-order chi connectivity index (χ1) is 11.2. The largest absolute Gasteiger partial charge is 0.497 e. The van der Waals surface area contributed by atoms with E-state index < -0.39 is 0 Å². The molecule has 2 aromatic rings. The third kappa shape index (κ3) is 3.75. The molecule has 0 N–H and O–H groups in total. The number of halogens is 1. The molecule has 23 heavy (non-hydrogen) atoms. The summed E-state index contributed by atoms with van der Waals surface area (Å²) in [4.78, 5) is 14.5. The van der Waals surface area contributed by atoms with Crippen molar-refractivity contribution in [3.05, 3.63) is 58.6 Å². The smallest absolute Gasteiger partial charge is 0.230 e. The van der Waals surface area contributed by atoms with E-state index in [4.69, 9.17) is 4.74 Å². The van der Waals surface area contributed by atoms with Crippen molar-refractivity contribution in [2.45, 2.75) is 19.3 Å². The molecular formula is C19H20BrNO2. The molecule has 0 radical (unpaired) electrons. The van der Waals surface area contributed by atoms with Crippen LogP contribution < -0.4 is 9.64 Å². The number of carbonyl (C=O) groups excluding carboxylic acids is 1. The molecule has 3 nitrogen and oxygen atoms in total. The molecule has 2 aromatic carbocycles. The lowest BCUT2D eigenvalue weighted by atomic mass is 9.98. The molecule has 1 unspecified atom stereocenters. The monoisotopic (exact) mass is 373 g/mol.